The van der Waals surface area contributed by atoms with Gasteiger partial charge in [-0.05, 0) is 6.42 Å². The van der Waals surface area contributed by atoms with Crippen molar-refractivity contribution in [3.8, 4) is 0 Å². The molecule has 0 aromatic rings. The molecule has 0 saturated carbocycles. The molecule has 4 heteroatoms. The Labute approximate surface area is 81.3 Å². The second-order valence-electron chi connectivity index (χ2n) is 2.66. The highest BCUT2D eigenvalue weighted by Crippen LogP contribution is 2.20. The molecule has 72 valence electrons. The molecule has 0 radical (unpaired) electrons. The largest absolute Gasteiger partial charge is 0.399 e. The summed E-state index contributed by atoms with van der Waals surface area (Å²) in [6.07, 6.45) is 1.05. The minimum absolute atomic E-state index is 0.0751. The molecule has 0 heterocycles. The normalized spacial score (nSPS) is 19.1. The SMILES string of the molecule is CC[C@@H](Br)[C@@H](C)[C@H](F)C=NOC. The number of alkyl halides is 2. The number of hydrogen-bond donors (Lipinski definition) is 0. The minimum Gasteiger partial charge on any atom is -0.399 e. The van der Waals surface area contributed by atoms with E-state index in [1.165, 1.54) is 13.3 Å². The predicted octanol–water partition coefficient (Wildman–Crippen LogP) is 2.77. The van der Waals surface area contributed by atoms with E-state index >= 15 is 0 Å². The molecule has 2 nitrogen and oxygen atoms in total. The van der Waals surface area contributed by atoms with E-state index in [0.29, 0.717) is 0 Å². The molecular formula is C8H15BrFNO. The van der Waals surface area contributed by atoms with Gasteiger partial charge in [0.15, 0.2) is 0 Å². The number of rotatable bonds is 5. The molecule has 0 fully saturated rings. The Morgan fingerprint density at radius 1 is 1.67 bits per heavy atom. The van der Waals surface area contributed by atoms with E-state index in [1.807, 2.05) is 13.8 Å². The summed E-state index contributed by atoms with van der Waals surface area (Å²) in [6, 6.07) is 0. The van der Waals surface area contributed by atoms with E-state index < -0.39 is 6.17 Å². The Bertz CT molecular complexity index is 143. The average molecular weight is 240 g/mol. The monoisotopic (exact) mass is 239 g/mol. The van der Waals surface area contributed by atoms with Crippen LogP contribution in [0.3, 0.4) is 0 Å². The van der Waals surface area contributed by atoms with Crippen molar-refractivity contribution in [2.75, 3.05) is 7.11 Å². The summed E-state index contributed by atoms with van der Waals surface area (Å²) in [4.78, 5) is 4.58. The zero-order valence-electron chi connectivity index (χ0n) is 7.63. The van der Waals surface area contributed by atoms with Gasteiger partial charge in [0.2, 0.25) is 0 Å². The second-order valence-corrected chi connectivity index (χ2v) is 3.84. The van der Waals surface area contributed by atoms with Crippen molar-refractivity contribution >= 4 is 22.1 Å². The third kappa shape index (κ3) is 4.04. The van der Waals surface area contributed by atoms with Crippen LogP contribution < -0.4 is 0 Å². The lowest BCUT2D eigenvalue weighted by Gasteiger charge is -2.17. The van der Waals surface area contributed by atoms with Crippen molar-refractivity contribution < 1.29 is 9.23 Å². The van der Waals surface area contributed by atoms with E-state index in [2.05, 4.69) is 25.9 Å². The van der Waals surface area contributed by atoms with Crippen LogP contribution in [0.5, 0.6) is 0 Å². The smallest absolute Gasteiger partial charge is 0.142 e. The molecule has 0 aromatic heterocycles. The zero-order chi connectivity index (χ0) is 9.56. The molecule has 0 aliphatic heterocycles. The topological polar surface area (TPSA) is 21.6 Å². The van der Waals surface area contributed by atoms with Gasteiger partial charge in [0, 0.05) is 10.7 Å². The van der Waals surface area contributed by atoms with Crippen LogP contribution in [0.25, 0.3) is 0 Å². The van der Waals surface area contributed by atoms with Crippen LogP contribution in [0.1, 0.15) is 20.3 Å². The van der Waals surface area contributed by atoms with Crippen LogP contribution >= 0.6 is 15.9 Å². The summed E-state index contributed by atoms with van der Waals surface area (Å²) in [7, 11) is 1.40. The Hall–Kier alpha value is -0.120. The summed E-state index contributed by atoms with van der Waals surface area (Å²) in [5.74, 6) is -0.0751. The third-order valence-electron chi connectivity index (χ3n) is 1.77. The highest BCUT2D eigenvalue weighted by atomic mass is 79.9. The van der Waals surface area contributed by atoms with Gasteiger partial charge >= 0.3 is 0 Å². The molecule has 12 heavy (non-hydrogen) atoms. The van der Waals surface area contributed by atoms with Crippen LogP contribution in [-0.2, 0) is 4.84 Å². The van der Waals surface area contributed by atoms with E-state index in [0.717, 1.165) is 6.42 Å². The van der Waals surface area contributed by atoms with E-state index in [1.54, 1.807) is 0 Å². The maximum absolute atomic E-state index is 13.2. The first-order valence-corrected chi connectivity index (χ1v) is 4.89. The molecule has 0 N–H and O–H groups in total. The van der Waals surface area contributed by atoms with Gasteiger partial charge in [0.05, 0.1) is 6.21 Å². The zero-order valence-corrected chi connectivity index (χ0v) is 9.21. The lowest BCUT2D eigenvalue weighted by Crippen LogP contribution is -2.22. The molecule has 0 rings (SSSR count). The van der Waals surface area contributed by atoms with Crippen molar-refractivity contribution in [1.82, 2.24) is 0 Å². The fourth-order valence-electron chi connectivity index (χ4n) is 0.826. The Balaban J connectivity index is 3.91. The highest BCUT2D eigenvalue weighted by molar-refractivity contribution is 9.09. The quantitative estimate of drug-likeness (QED) is 0.411. The maximum Gasteiger partial charge on any atom is 0.142 e. The summed E-state index contributed by atoms with van der Waals surface area (Å²) in [5.41, 5.74) is 0. The molecule has 0 saturated heterocycles. The molecule has 0 aliphatic rings. The first-order valence-electron chi connectivity index (χ1n) is 3.98. The number of hydrogen-bond acceptors (Lipinski definition) is 2. The van der Waals surface area contributed by atoms with Crippen LogP contribution in [-0.4, -0.2) is 24.3 Å². The molecular weight excluding hydrogens is 225 g/mol. The summed E-state index contributed by atoms with van der Waals surface area (Å²) in [6.45, 7) is 3.85. The third-order valence-corrected chi connectivity index (χ3v) is 3.25. The van der Waals surface area contributed by atoms with Crippen LogP contribution in [0.2, 0.25) is 0 Å². The molecule has 0 bridgehead atoms. The highest BCUT2D eigenvalue weighted by Gasteiger charge is 2.20. The molecule has 0 aromatic carbocycles. The maximum atomic E-state index is 13.2. The van der Waals surface area contributed by atoms with Crippen LogP contribution in [0.4, 0.5) is 4.39 Å². The van der Waals surface area contributed by atoms with Gasteiger partial charge in [-0.25, -0.2) is 4.39 Å². The van der Waals surface area contributed by atoms with E-state index in [9.17, 15) is 4.39 Å². The number of oxime groups is 1. The van der Waals surface area contributed by atoms with E-state index in [4.69, 9.17) is 0 Å². The lowest BCUT2D eigenvalue weighted by molar-refractivity contribution is 0.208. The van der Waals surface area contributed by atoms with Gasteiger partial charge in [-0.15, -0.1) is 0 Å². The fraction of sp³-hybridized carbons (Fsp3) is 0.875. The van der Waals surface area contributed by atoms with Crippen molar-refractivity contribution in [2.45, 2.75) is 31.3 Å². The molecule has 3 atom stereocenters. The van der Waals surface area contributed by atoms with Crippen molar-refractivity contribution in [1.29, 1.82) is 0 Å². The van der Waals surface area contributed by atoms with Gasteiger partial charge in [0.25, 0.3) is 0 Å². The molecule has 0 unspecified atom stereocenters. The molecule has 0 spiro atoms. The Kier molecular flexibility index (Phi) is 6.34. The number of halogens is 2. The van der Waals surface area contributed by atoms with E-state index in [-0.39, 0.29) is 10.7 Å². The second kappa shape index (κ2) is 6.40. The van der Waals surface area contributed by atoms with Gasteiger partial charge < -0.3 is 4.84 Å². The Morgan fingerprint density at radius 3 is 2.67 bits per heavy atom. The van der Waals surface area contributed by atoms with Crippen molar-refractivity contribution in [3.05, 3.63) is 0 Å². The van der Waals surface area contributed by atoms with Crippen LogP contribution in [0, 0.1) is 5.92 Å². The van der Waals surface area contributed by atoms with Crippen LogP contribution in [0.15, 0.2) is 5.16 Å². The summed E-state index contributed by atoms with van der Waals surface area (Å²) < 4.78 is 13.2. The molecule has 0 amide bonds. The average Bonchev–Trinajstić information content (AvgIpc) is 2.11. The lowest BCUT2D eigenvalue weighted by atomic mass is 10.0. The van der Waals surface area contributed by atoms with Crippen molar-refractivity contribution in [2.24, 2.45) is 11.1 Å². The van der Waals surface area contributed by atoms with Crippen molar-refractivity contribution in [3.63, 3.8) is 0 Å². The Morgan fingerprint density at radius 2 is 2.25 bits per heavy atom. The fourth-order valence-corrected chi connectivity index (χ4v) is 1.12. The minimum atomic E-state index is -1.05. The summed E-state index contributed by atoms with van der Waals surface area (Å²) in [5, 5.41) is 3.39. The standard InChI is InChI=1S/C8H15BrFNO/c1-4-7(9)6(2)8(10)5-11-12-3/h5-8H,4H2,1-3H3/t6-,7-,8-/m1/s1. The summed E-state index contributed by atoms with van der Waals surface area (Å²) >= 11 is 3.39. The first-order chi connectivity index (χ1) is 5.63. The molecule has 0 aliphatic carbocycles. The van der Waals surface area contributed by atoms with Gasteiger partial charge in [-0.2, -0.15) is 0 Å². The number of nitrogens with zero attached hydrogens (tertiary/aromatic N) is 1. The van der Waals surface area contributed by atoms with Gasteiger partial charge in [0.1, 0.15) is 13.3 Å². The predicted molar refractivity (Wildman–Crippen MR) is 52.6 cm³/mol. The van der Waals surface area contributed by atoms with Gasteiger partial charge in [-0.1, -0.05) is 34.9 Å². The first kappa shape index (κ1) is 11.9. The van der Waals surface area contributed by atoms with Gasteiger partial charge in [-0.3, -0.25) is 0 Å².